The van der Waals surface area contributed by atoms with Gasteiger partial charge in [-0.05, 0) is 18.2 Å². The van der Waals surface area contributed by atoms with Gasteiger partial charge in [0.15, 0.2) is 0 Å². The van der Waals surface area contributed by atoms with Crippen LogP contribution in [0.2, 0.25) is 5.02 Å². The third-order valence-electron chi connectivity index (χ3n) is 1.35. The summed E-state index contributed by atoms with van der Waals surface area (Å²) in [6.45, 7) is 0. The van der Waals surface area contributed by atoms with Gasteiger partial charge in [-0.3, -0.25) is 0 Å². The van der Waals surface area contributed by atoms with Gasteiger partial charge in [0.05, 0.1) is 12.1 Å². The summed E-state index contributed by atoms with van der Waals surface area (Å²) in [5.74, 6) is 0.709. The van der Waals surface area contributed by atoms with Gasteiger partial charge in [-0.15, -0.1) is 11.8 Å². The summed E-state index contributed by atoms with van der Waals surface area (Å²) < 4.78 is 5.02. The molecule has 1 rings (SSSR count). The molecule has 66 valence electrons. The van der Waals surface area contributed by atoms with E-state index in [1.54, 1.807) is 18.9 Å². The predicted molar refractivity (Wildman–Crippen MR) is 57.7 cm³/mol. The summed E-state index contributed by atoms with van der Waals surface area (Å²) >= 11 is 11.6. The molecule has 12 heavy (non-hydrogen) atoms. The highest BCUT2D eigenvalue weighted by atomic mass is 35.5. The molecule has 0 saturated heterocycles. The zero-order valence-electron chi connectivity index (χ0n) is 6.58. The SMILES string of the molecule is COc1ccc(SCS)cc1Cl. The van der Waals surface area contributed by atoms with E-state index in [1.807, 2.05) is 18.2 Å². The number of hydrogen-bond donors (Lipinski definition) is 1. The maximum Gasteiger partial charge on any atom is 0.137 e. The van der Waals surface area contributed by atoms with E-state index in [0.29, 0.717) is 10.8 Å². The van der Waals surface area contributed by atoms with Crippen LogP contribution < -0.4 is 4.74 Å². The summed E-state index contributed by atoms with van der Waals surface area (Å²) in [5, 5.41) is 1.40. The summed E-state index contributed by atoms with van der Waals surface area (Å²) in [6, 6.07) is 5.70. The van der Waals surface area contributed by atoms with Crippen LogP contribution in [0.25, 0.3) is 0 Å². The smallest absolute Gasteiger partial charge is 0.137 e. The van der Waals surface area contributed by atoms with Gasteiger partial charge in [-0.2, -0.15) is 12.6 Å². The zero-order chi connectivity index (χ0) is 8.97. The van der Waals surface area contributed by atoms with Crippen LogP contribution in [0.4, 0.5) is 0 Å². The molecule has 0 radical (unpaired) electrons. The van der Waals surface area contributed by atoms with Gasteiger partial charge < -0.3 is 4.74 Å². The molecule has 1 aromatic rings. The fraction of sp³-hybridized carbons (Fsp3) is 0.250. The Hall–Kier alpha value is 0.01000. The lowest BCUT2D eigenvalue weighted by molar-refractivity contribution is 0.414. The fourth-order valence-corrected chi connectivity index (χ4v) is 2.10. The van der Waals surface area contributed by atoms with Crippen molar-refractivity contribution in [2.75, 3.05) is 12.2 Å². The number of ether oxygens (including phenoxy) is 1. The number of halogens is 1. The molecule has 0 bridgehead atoms. The molecule has 0 fully saturated rings. The highest BCUT2D eigenvalue weighted by Crippen LogP contribution is 2.29. The monoisotopic (exact) mass is 220 g/mol. The van der Waals surface area contributed by atoms with Gasteiger partial charge in [0, 0.05) is 9.98 Å². The Bertz CT molecular complexity index is 265. The first-order valence-corrected chi connectivity index (χ1v) is 5.34. The number of thioether (sulfide) groups is 1. The Labute approximate surface area is 86.9 Å². The first-order valence-electron chi connectivity index (χ1n) is 3.35. The van der Waals surface area contributed by atoms with Gasteiger partial charge in [-0.25, -0.2) is 0 Å². The number of rotatable bonds is 3. The maximum absolute atomic E-state index is 5.90. The number of benzene rings is 1. The second kappa shape index (κ2) is 4.90. The molecule has 0 unspecified atom stereocenters. The van der Waals surface area contributed by atoms with Crippen molar-refractivity contribution in [2.24, 2.45) is 0 Å². The molecule has 0 heterocycles. The highest BCUT2D eigenvalue weighted by Gasteiger charge is 2.00. The van der Waals surface area contributed by atoms with Crippen molar-refractivity contribution in [1.82, 2.24) is 0 Å². The zero-order valence-corrected chi connectivity index (χ0v) is 9.05. The largest absolute Gasteiger partial charge is 0.495 e. The average molecular weight is 221 g/mol. The lowest BCUT2D eigenvalue weighted by atomic mass is 10.3. The van der Waals surface area contributed by atoms with Crippen LogP contribution in [0.15, 0.2) is 23.1 Å². The first-order chi connectivity index (χ1) is 5.77. The Morgan fingerprint density at radius 3 is 2.83 bits per heavy atom. The first kappa shape index (κ1) is 10.1. The van der Waals surface area contributed by atoms with E-state index in [9.17, 15) is 0 Å². The van der Waals surface area contributed by atoms with E-state index in [2.05, 4.69) is 12.6 Å². The van der Waals surface area contributed by atoms with Crippen LogP contribution in [0.1, 0.15) is 0 Å². The Morgan fingerprint density at radius 1 is 1.58 bits per heavy atom. The van der Waals surface area contributed by atoms with Crippen LogP contribution in [-0.2, 0) is 0 Å². The molecular formula is C8H9ClOS2. The molecular weight excluding hydrogens is 212 g/mol. The third-order valence-corrected chi connectivity index (χ3v) is 2.75. The molecule has 0 spiro atoms. The molecule has 1 nitrogen and oxygen atoms in total. The summed E-state index contributed by atoms with van der Waals surface area (Å²) in [5.41, 5.74) is 0. The van der Waals surface area contributed by atoms with E-state index in [0.717, 1.165) is 9.98 Å². The van der Waals surface area contributed by atoms with Crippen molar-refractivity contribution in [3.05, 3.63) is 23.2 Å². The number of thiol groups is 1. The Balaban J connectivity index is 2.86. The van der Waals surface area contributed by atoms with Crippen molar-refractivity contribution in [1.29, 1.82) is 0 Å². The lowest BCUT2D eigenvalue weighted by Crippen LogP contribution is -1.83. The van der Waals surface area contributed by atoms with Crippen molar-refractivity contribution in [3.63, 3.8) is 0 Å². The molecule has 4 heteroatoms. The van der Waals surface area contributed by atoms with Crippen LogP contribution >= 0.6 is 36.0 Å². The van der Waals surface area contributed by atoms with E-state index in [4.69, 9.17) is 16.3 Å². The van der Waals surface area contributed by atoms with Crippen LogP contribution in [0.3, 0.4) is 0 Å². The Kier molecular flexibility index (Phi) is 4.12. The van der Waals surface area contributed by atoms with Crippen molar-refractivity contribution < 1.29 is 4.74 Å². The van der Waals surface area contributed by atoms with Crippen LogP contribution in [-0.4, -0.2) is 12.2 Å². The summed E-state index contributed by atoms with van der Waals surface area (Å²) in [6.07, 6.45) is 0. The van der Waals surface area contributed by atoms with Gasteiger partial charge in [0.2, 0.25) is 0 Å². The minimum Gasteiger partial charge on any atom is -0.495 e. The minimum absolute atomic E-state index is 0.643. The van der Waals surface area contributed by atoms with E-state index >= 15 is 0 Å². The number of methoxy groups -OCH3 is 1. The molecule has 0 aliphatic rings. The van der Waals surface area contributed by atoms with Gasteiger partial charge >= 0.3 is 0 Å². The highest BCUT2D eigenvalue weighted by molar-refractivity contribution is 8.09. The molecule has 0 aliphatic carbocycles. The molecule has 0 saturated carbocycles. The van der Waals surface area contributed by atoms with Crippen LogP contribution in [0.5, 0.6) is 5.75 Å². The minimum atomic E-state index is 0.643. The fourth-order valence-electron chi connectivity index (χ4n) is 0.811. The average Bonchev–Trinajstić information content (AvgIpc) is 2.05. The molecule has 0 aliphatic heterocycles. The van der Waals surface area contributed by atoms with Crippen molar-refractivity contribution in [2.45, 2.75) is 4.90 Å². The lowest BCUT2D eigenvalue weighted by Gasteiger charge is -2.03. The third kappa shape index (κ3) is 2.51. The van der Waals surface area contributed by atoms with E-state index in [1.165, 1.54) is 0 Å². The van der Waals surface area contributed by atoms with E-state index < -0.39 is 0 Å². The van der Waals surface area contributed by atoms with Gasteiger partial charge in [0.1, 0.15) is 5.75 Å². The molecule has 0 atom stereocenters. The summed E-state index contributed by atoms with van der Waals surface area (Å²) in [4.78, 5) is 1.11. The molecule has 0 aromatic heterocycles. The molecule has 0 amide bonds. The Morgan fingerprint density at radius 2 is 2.33 bits per heavy atom. The van der Waals surface area contributed by atoms with Crippen molar-refractivity contribution in [3.8, 4) is 5.75 Å². The molecule has 0 N–H and O–H groups in total. The maximum atomic E-state index is 5.90. The van der Waals surface area contributed by atoms with Gasteiger partial charge in [-0.1, -0.05) is 11.6 Å². The molecule has 1 aromatic carbocycles. The van der Waals surface area contributed by atoms with Crippen LogP contribution in [0, 0.1) is 0 Å². The standard InChI is InChI=1S/C8H9ClOS2/c1-10-8-3-2-6(12-5-11)4-7(8)9/h2-4,11H,5H2,1H3. The quantitative estimate of drug-likeness (QED) is 0.476. The normalized spacial score (nSPS) is 9.92. The van der Waals surface area contributed by atoms with E-state index in [-0.39, 0.29) is 0 Å². The second-order valence-corrected chi connectivity index (χ2v) is 4.27. The van der Waals surface area contributed by atoms with Crippen molar-refractivity contribution >= 4 is 36.0 Å². The predicted octanol–water partition coefficient (Wildman–Crippen LogP) is 3.33. The summed E-state index contributed by atoms with van der Waals surface area (Å²) in [7, 11) is 1.60. The topological polar surface area (TPSA) is 9.23 Å². The number of hydrogen-bond acceptors (Lipinski definition) is 3. The second-order valence-electron chi connectivity index (χ2n) is 2.07. The van der Waals surface area contributed by atoms with Gasteiger partial charge in [0.25, 0.3) is 0 Å².